The predicted octanol–water partition coefficient (Wildman–Crippen LogP) is 6.02. The normalized spacial score (nSPS) is 15.5. The number of thioether (sulfide) groups is 1. The molecule has 0 bridgehead atoms. The molecule has 0 radical (unpaired) electrons. The average Bonchev–Trinajstić information content (AvgIpc) is 3.27. The average molecular weight is 564 g/mol. The highest BCUT2D eigenvalue weighted by Crippen LogP contribution is 2.37. The summed E-state index contributed by atoms with van der Waals surface area (Å²) in [4.78, 5) is 21.6. The number of anilines is 2. The fourth-order valence-corrected chi connectivity index (χ4v) is 5.75. The van der Waals surface area contributed by atoms with Gasteiger partial charge in [-0.2, -0.15) is 13.2 Å². The lowest BCUT2D eigenvalue weighted by Gasteiger charge is -2.34. The zero-order chi connectivity index (χ0) is 28.3. The van der Waals surface area contributed by atoms with E-state index in [1.807, 2.05) is 12.1 Å². The molecule has 0 saturated carbocycles. The number of carbonyl (C=O) groups excluding carboxylic acids is 1. The van der Waals surface area contributed by atoms with Crippen LogP contribution in [0.25, 0.3) is 11.1 Å². The Labute approximate surface area is 231 Å². The van der Waals surface area contributed by atoms with E-state index in [0.717, 1.165) is 55.6 Å². The van der Waals surface area contributed by atoms with Crippen LogP contribution < -0.4 is 11.1 Å². The summed E-state index contributed by atoms with van der Waals surface area (Å²) >= 11 is 1.31. The van der Waals surface area contributed by atoms with Crippen molar-refractivity contribution in [1.82, 2.24) is 14.8 Å². The summed E-state index contributed by atoms with van der Waals surface area (Å²) < 4.78 is 45.1. The van der Waals surface area contributed by atoms with Gasteiger partial charge in [0.05, 0.1) is 6.54 Å². The first-order valence-corrected chi connectivity index (χ1v) is 14.2. The van der Waals surface area contributed by atoms with Crippen molar-refractivity contribution in [2.45, 2.75) is 50.9 Å². The summed E-state index contributed by atoms with van der Waals surface area (Å²) in [6, 6.07) is 7.77. The first-order valence-electron chi connectivity index (χ1n) is 13.2. The smallest absolute Gasteiger partial charge is 0.420 e. The van der Waals surface area contributed by atoms with E-state index in [9.17, 15) is 18.0 Å². The number of benzene rings is 2. The third-order valence-electron chi connectivity index (χ3n) is 6.94. The van der Waals surface area contributed by atoms with Crippen LogP contribution in [0.3, 0.4) is 0 Å². The summed E-state index contributed by atoms with van der Waals surface area (Å²) in [7, 11) is 0. The van der Waals surface area contributed by atoms with Gasteiger partial charge in [-0.15, -0.1) is 0 Å². The molecule has 1 saturated heterocycles. The van der Waals surface area contributed by atoms with E-state index >= 15 is 0 Å². The number of rotatable bonds is 9. The quantitative estimate of drug-likeness (QED) is 0.243. The Bertz CT molecular complexity index is 1300. The zero-order valence-electron chi connectivity index (χ0n) is 22.8. The number of piperazine rings is 1. The highest BCUT2D eigenvalue weighted by atomic mass is 32.2. The minimum atomic E-state index is -4.49. The number of hydrogen-bond acceptors (Lipinski definition) is 7. The molecule has 0 unspecified atom stereocenters. The SMILES string of the molecule is CC(C)c1ccc(N)c(C(C)C)c1NC(=O)CN1CCN(CCSc2nc3cccc(C(F)(F)F)c3o2)CC1. The minimum absolute atomic E-state index is 0.0532. The van der Waals surface area contributed by atoms with Crippen LogP contribution in [0.1, 0.15) is 56.2 Å². The van der Waals surface area contributed by atoms with Crippen LogP contribution in [0.5, 0.6) is 0 Å². The third-order valence-corrected chi connectivity index (χ3v) is 7.75. The number of carbonyl (C=O) groups is 1. The first kappa shape index (κ1) is 29.2. The number of aromatic nitrogens is 1. The standard InChI is InChI=1S/C28H36F3N5O2S/c1-17(2)19-8-9-21(32)24(18(3)4)25(19)34-23(37)16-36-12-10-35(11-13-36)14-15-39-27-33-22-7-5-6-20(26(22)38-27)28(29,30)31/h5-9,17-18H,10-16,32H2,1-4H3,(H,34,37). The van der Waals surface area contributed by atoms with Gasteiger partial charge in [-0.3, -0.25) is 14.6 Å². The van der Waals surface area contributed by atoms with Gasteiger partial charge in [-0.1, -0.05) is 51.6 Å². The summed E-state index contributed by atoms with van der Waals surface area (Å²) in [5.74, 6) is 1.02. The third kappa shape index (κ3) is 7.06. The van der Waals surface area contributed by atoms with Crippen LogP contribution in [-0.2, 0) is 11.0 Å². The molecule has 2 heterocycles. The number of para-hydroxylation sites is 1. The summed E-state index contributed by atoms with van der Waals surface area (Å²) in [5, 5.41) is 3.39. The molecule has 11 heteroatoms. The molecule has 7 nitrogen and oxygen atoms in total. The molecule has 1 aliphatic rings. The van der Waals surface area contributed by atoms with Gasteiger partial charge in [0.25, 0.3) is 5.22 Å². The zero-order valence-corrected chi connectivity index (χ0v) is 23.6. The van der Waals surface area contributed by atoms with Crippen LogP contribution in [0, 0.1) is 0 Å². The number of oxazole rings is 1. The molecule has 1 aromatic heterocycles. The van der Waals surface area contributed by atoms with Gasteiger partial charge in [0.2, 0.25) is 5.91 Å². The van der Waals surface area contributed by atoms with Crippen molar-refractivity contribution in [2.24, 2.45) is 0 Å². The van der Waals surface area contributed by atoms with Crippen LogP contribution in [-0.4, -0.2) is 65.7 Å². The molecule has 39 heavy (non-hydrogen) atoms. The van der Waals surface area contributed by atoms with Gasteiger partial charge in [0.15, 0.2) is 5.58 Å². The van der Waals surface area contributed by atoms with Gasteiger partial charge >= 0.3 is 6.18 Å². The Morgan fingerprint density at radius 1 is 1.08 bits per heavy atom. The molecule has 1 amide bonds. The Balaban J connectivity index is 1.27. The molecule has 1 aliphatic heterocycles. The van der Waals surface area contributed by atoms with Gasteiger partial charge in [0, 0.05) is 55.4 Å². The van der Waals surface area contributed by atoms with Gasteiger partial charge < -0.3 is 15.5 Å². The number of halogens is 3. The summed E-state index contributed by atoms with van der Waals surface area (Å²) in [5.41, 5.74) is 9.02. The predicted molar refractivity (Wildman–Crippen MR) is 150 cm³/mol. The van der Waals surface area contributed by atoms with E-state index < -0.39 is 11.7 Å². The fraction of sp³-hybridized carbons (Fsp3) is 0.500. The number of nitrogens with one attached hydrogen (secondary N) is 1. The molecule has 3 N–H and O–H groups in total. The molecule has 0 aliphatic carbocycles. The Morgan fingerprint density at radius 3 is 2.41 bits per heavy atom. The fourth-order valence-electron chi connectivity index (χ4n) is 4.92. The lowest BCUT2D eigenvalue weighted by molar-refractivity contribution is -0.136. The van der Waals surface area contributed by atoms with E-state index in [2.05, 4.69) is 47.8 Å². The molecule has 1 fully saturated rings. The van der Waals surface area contributed by atoms with Crippen molar-refractivity contribution < 1.29 is 22.4 Å². The molecular weight excluding hydrogens is 527 g/mol. The van der Waals surface area contributed by atoms with E-state index in [1.165, 1.54) is 23.9 Å². The number of nitrogens with zero attached hydrogens (tertiary/aromatic N) is 3. The van der Waals surface area contributed by atoms with Crippen LogP contribution >= 0.6 is 11.8 Å². The largest absolute Gasteiger partial charge is 0.431 e. The monoisotopic (exact) mass is 563 g/mol. The Kier molecular flexibility index (Phi) is 9.13. The van der Waals surface area contributed by atoms with Gasteiger partial charge in [-0.25, -0.2) is 4.98 Å². The van der Waals surface area contributed by atoms with Crippen molar-refractivity contribution >= 4 is 40.1 Å². The van der Waals surface area contributed by atoms with Gasteiger partial charge in [-0.05, 0) is 35.6 Å². The van der Waals surface area contributed by atoms with E-state index in [0.29, 0.717) is 18.0 Å². The summed E-state index contributed by atoms with van der Waals surface area (Å²) in [6.07, 6.45) is -4.49. The van der Waals surface area contributed by atoms with E-state index in [1.54, 1.807) is 0 Å². The van der Waals surface area contributed by atoms with E-state index in [4.69, 9.17) is 10.2 Å². The second-order valence-electron chi connectivity index (χ2n) is 10.5. The molecule has 4 rings (SSSR count). The van der Waals surface area contributed by atoms with Gasteiger partial charge in [0.1, 0.15) is 11.1 Å². The number of fused-ring (bicyclic) bond motifs is 1. The maximum atomic E-state index is 13.2. The highest BCUT2D eigenvalue weighted by Gasteiger charge is 2.34. The number of nitrogens with two attached hydrogens (primary N) is 1. The first-order chi connectivity index (χ1) is 18.4. The molecule has 0 spiro atoms. The second-order valence-corrected chi connectivity index (χ2v) is 11.5. The van der Waals surface area contributed by atoms with Crippen LogP contribution in [0.15, 0.2) is 40.0 Å². The Hall–Kier alpha value is -2.76. The van der Waals surface area contributed by atoms with Crippen molar-refractivity contribution in [2.75, 3.05) is 56.1 Å². The molecular formula is C28H36F3N5O2S. The number of hydrogen-bond donors (Lipinski definition) is 2. The Morgan fingerprint density at radius 2 is 1.77 bits per heavy atom. The molecule has 2 aromatic carbocycles. The van der Waals surface area contributed by atoms with Crippen LogP contribution in [0.2, 0.25) is 0 Å². The summed E-state index contributed by atoms with van der Waals surface area (Å²) in [6.45, 7) is 12.5. The van der Waals surface area contributed by atoms with Crippen LogP contribution in [0.4, 0.5) is 24.5 Å². The van der Waals surface area contributed by atoms with Crippen molar-refractivity contribution in [1.29, 1.82) is 0 Å². The van der Waals surface area contributed by atoms with Crippen molar-refractivity contribution in [3.8, 4) is 0 Å². The molecule has 0 atom stereocenters. The number of alkyl halides is 3. The maximum Gasteiger partial charge on any atom is 0.420 e. The maximum absolute atomic E-state index is 13.2. The topological polar surface area (TPSA) is 87.6 Å². The van der Waals surface area contributed by atoms with Crippen molar-refractivity contribution in [3.63, 3.8) is 0 Å². The number of nitrogen functional groups attached to an aromatic ring is 1. The lowest BCUT2D eigenvalue weighted by Crippen LogP contribution is -2.49. The minimum Gasteiger partial charge on any atom is -0.431 e. The highest BCUT2D eigenvalue weighted by molar-refractivity contribution is 7.99. The lowest BCUT2D eigenvalue weighted by atomic mass is 9.91. The van der Waals surface area contributed by atoms with E-state index in [-0.39, 0.29) is 34.1 Å². The number of amides is 1. The van der Waals surface area contributed by atoms with Crippen molar-refractivity contribution in [3.05, 3.63) is 47.0 Å². The molecule has 3 aromatic rings. The molecule has 212 valence electrons. The second kappa shape index (κ2) is 12.2.